The number of unbranched alkanes of at least 4 members (excludes halogenated alkanes) is 2. The molecule has 1 unspecified atom stereocenters. The molecule has 1 aromatic carbocycles. The Balaban J connectivity index is 2.09. The topological polar surface area (TPSA) is 56.2 Å². The Kier molecular flexibility index (Phi) is 6.20. The Morgan fingerprint density at radius 2 is 2.04 bits per heavy atom. The van der Waals surface area contributed by atoms with Crippen molar-refractivity contribution in [2.45, 2.75) is 45.6 Å². The number of nitrogens with zero attached hydrogens (tertiary/aromatic N) is 2. The van der Waals surface area contributed by atoms with Crippen LogP contribution in [0.4, 0.5) is 0 Å². The van der Waals surface area contributed by atoms with E-state index in [0.717, 1.165) is 18.5 Å². The Hall–Kier alpha value is -2.30. The highest BCUT2D eigenvalue weighted by atomic mass is 16.5. The summed E-state index contributed by atoms with van der Waals surface area (Å²) in [7, 11) is 1.55. The normalized spacial score (nSPS) is 12.0. The number of hydrogen-bond donors (Lipinski definition) is 1. The van der Waals surface area contributed by atoms with Gasteiger partial charge in [-0.25, -0.2) is 4.68 Å². The Morgan fingerprint density at radius 1 is 1.30 bits per heavy atom. The minimum absolute atomic E-state index is 0.126. The van der Waals surface area contributed by atoms with Crippen LogP contribution in [0.25, 0.3) is 5.69 Å². The summed E-state index contributed by atoms with van der Waals surface area (Å²) in [5.74, 6) is 0.285. The van der Waals surface area contributed by atoms with Gasteiger partial charge in [0.2, 0.25) is 0 Å². The summed E-state index contributed by atoms with van der Waals surface area (Å²) in [6.07, 6.45) is 6.18. The van der Waals surface area contributed by atoms with Gasteiger partial charge in [-0.15, -0.1) is 0 Å². The Bertz CT molecular complexity index is 622. The lowest BCUT2D eigenvalue weighted by molar-refractivity contribution is 0.0929. The first-order valence-corrected chi connectivity index (χ1v) is 8.15. The van der Waals surface area contributed by atoms with Crippen LogP contribution in [-0.4, -0.2) is 28.8 Å². The van der Waals surface area contributed by atoms with Crippen LogP contribution in [0.15, 0.2) is 36.5 Å². The van der Waals surface area contributed by atoms with Gasteiger partial charge in [0.15, 0.2) is 11.4 Å². The van der Waals surface area contributed by atoms with Gasteiger partial charge in [0.25, 0.3) is 5.91 Å². The largest absolute Gasteiger partial charge is 0.493 e. The first kappa shape index (κ1) is 17.1. The number of benzene rings is 1. The molecular formula is C18H25N3O2. The van der Waals surface area contributed by atoms with Crippen LogP contribution in [-0.2, 0) is 0 Å². The van der Waals surface area contributed by atoms with Crippen molar-refractivity contribution in [3.63, 3.8) is 0 Å². The van der Waals surface area contributed by atoms with Crippen molar-refractivity contribution in [1.82, 2.24) is 15.1 Å². The number of amides is 1. The maximum Gasteiger partial charge on any atom is 0.275 e. The van der Waals surface area contributed by atoms with Gasteiger partial charge in [0.05, 0.1) is 19.0 Å². The molecule has 1 heterocycles. The summed E-state index contributed by atoms with van der Waals surface area (Å²) in [6.45, 7) is 4.19. The molecule has 0 saturated carbocycles. The van der Waals surface area contributed by atoms with Gasteiger partial charge in [0.1, 0.15) is 0 Å². The van der Waals surface area contributed by atoms with Crippen molar-refractivity contribution in [3.8, 4) is 11.4 Å². The molecule has 0 aliphatic carbocycles. The summed E-state index contributed by atoms with van der Waals surface area (Å²) in [6, 6.07) is 9.79. The predicted octanol–water partition coefficient (Wildman–Crippen LogP) is 3.58. The minimum Gasteiger partial charge on any atom is -0.493 e. The van der Waals surface area contributed by atoms with E-state index in [1.807, 2.05) is 37.3 Å². The molecule has 0 spiro atoms. The minimum atomic E-state index is -0.194. The molecule has 1 atom stereocenters. The van der Waals surface area contributed by atoms with Gasteiger partial charge in [-0.2, -0.15) is 5.10 Å². The number of rotatable bonds is 8. The zero-order chi connectivity index (χ0) is 16.7. The molecule has 0 saturated heterocycles. The molecule has 0 radical (unpaired) electrons. The fraction of sp³-hybridized carbons (Fsp3) is 0.444. The summed E-state index contributed by atoms with van der Waals surface area (Å²) in [5, 5.41) is 7.38. The molecule has 0 fully saturated rings. The van der Waals surface area contributed by atoms with Gasteiger partial charge < -0.3 is 10.1 Å². The second kappa shape index (κ2) is 8.36. The average Bonchev–Trinajstić information content (AvgIpc) is 3.00. The number of hydrogen-bond acceptors (Lipinski definition) is 3. The lowest BCUT2D eigenvalue weighted by Crippen LogP contribution is -2.33. The Labute approximate surface area is 137 Å². The van der Waals surface area contributed by atoms with Crippen LogP contribution < -0.4 is 10.1 Å². The molecule has 1 N–H and O–H groups in total. The van der Waals surface area contributed by atoms with Crippen LogP contribution in [0.1, 0.15) is 50.0 Å². The van der Waals surface area contributed by atoms with E-state index in [4.69, 9.17) is 4.74 Å². The molecule has 0 aliphatic rings. The van der Waals surface area contributed by atoms with Crippen LogP contribution >= 0.6 is 0 Å². The molecule has 1 amide bonds. The molecule has 1 aromatic heterocycles. The number of nitrogens with one attached hydrogen (secondary N) is 1. The second-order valence-electron chi connectivity index (χ2n) is 5.70. The molecule has 23 heavy (non-hydrogen) atoms. The maximum absolute atomic E-state index is 12.4. The van der Waals surface area contributed by atoms with Crippen molar-refractivity contribution >= 4 is 5.91 Å². The highest BCUT2D eigenvalue weighted by Gasteiger charge is 2.19. The summed E-state index contributed by atoms with van der Waals surface area (Å²) in [5.41, 5.74) is 1.21. The third kappa shape index (κ3) is 4.58. The number of methoxy groups -OCH3 is 1. The molecule has 5 nitrogen and oxygen atoms in total. The van der Waals surface area contributed by atoms with E-state index in [9.17, 15) is 4.79 Å². The highest BCUT2D eigenvalue weighted by Crippen LogP contribution is 2.19. The van der Waals surface area contributed by atoms with E-state index in [1.165, 1.54) is 12.8 Å². The zero-order valence-corrected chi connectivity index (χ0v) is 14.1. The quantitative estimate of drug-likeness (QED) is 0.758. The van der Waals surface area contributed by atoms with Crippen molar-refractivity contribution in [3.05, 3.63) is 42.2 Å². The van der Waals surface area contributed by atoms with Crippen LogP contribution in [0.3, 0.4) is 0 Å². The monoisotopic (exact) mass is 315 g/mol. The maximum atomic E-state index is 12.4. The van der Waals surface area contributed by atoms with Gasteiger partial charge in [-0.1, -0.05) is 44.4 Å². The molecule has 5 heteroatoms. The highest BCUT2D eigenvalue weighted by molar-refractivity contribution is 5.95. The number of aromatic nitrogens is 2. The second-order valence-corrected chi connectivity index (χ2v) is 5.70. The number of para-hydroxylation sites is 1. The van der Waals surface area contributed by atoms with Crippen molar-refractivity contribution < 1.29 is 9.53 Å². The van der Waals surface area contributed by atoms with Crippen LogP contribution in [0.2, 0.25) is 0 Å². The molecule has 124 valence electrons. The van der Waals surface area contributed by atoms with Gasteiger partial charge in [0, 0.05) is 6.04 Å². The van der Waals surface area contributed by atoms with Crippen molar-refractivity contribution in [2.24, 2.45) is 0 Å². The van der Waals surface area contributed by atoms with Crippen molar-refractivity contribution in [2.75, 3.05) is 7.11 Å². The third-order valence-corrected chi connectivity index (χ3v) is 3.75. The van der Waals surface area contributed by atoms with Gasteiger partial charge in [-0.3, -0.25) is 4.79 Å². The van der Waals surface area contributed by atoms with E-state index in [-0.39, 0.29) is 11.9 Å². The molecule has 2 rings (SSSR count). The fourth-order valence-corrected chi connectivity index (χ4v) is 2.44. The first-order valence-electron chi connectivity index (χ1n) is 8.15. The smallest absolute Gasteiger partial charge is 0.275 e. The summed E-state index contributed by atoms with van der Waals surface area (Å²) < 4.78 is 6.97. The van der Waals surface area contributed by atoms with Crippen molar-refractivity contribution in [1.29, 1.82) is 0 Å². The number of carbonyl (C=O) groups excluding carboxylic acids is 1. The van der Waals surface area contributed by atoms with Crippen LogP contribution in [0, 0.1) is 0 Å². The molecular weight excluding hydrogens is 290 g/mol. The molecule has 0 bridgehead atoms. The molecule has 0 aliphatic heterocycles. The van der Waals surface area contributed by atoms with Gasteiger partial charge in [-0.05, 0) is 25.5 Å². The lowest BCUT2D eigenvalue weighted by Gasteiger charge is -2.12. The first-order chi connectivity index (χ1) is 11.2. The third-order valence-electron chi connectivity index (χ3n) is 3.75. The average molecular weight is 315 g/mol. The van der Waals surface area contributed by atoms with E-state index >= 15 is 0 Å². The SMILES string of the molecule is CCCCCC(C)NC(=O)c1nn(-c2ccccc2)cc1OC. The fourth-order valence-electron chi connectivity index (χ4n) is 2.44. The zero-order valence-electron chi connectivity index (χ0n) is 14.1. The predicted molar refractivity (Wildman–Crippen MR) is 91.2 cm³/mol. The summed E-state index contributed by atoms with van der Waals surface area (Å²) >= 11 is 0. The number of carbonyl (C=O) groups is 1. The van der Waals surface area contributed by atoms with E-state index < -0.39 is 0 Å². The number of ether oxygens (including phenoxy) is 1. The lowest BCUT2D eigenvalue weighted by atomic mass is 10.1. The standard InChI is InChI=1S/C18H25N3O2/c1-4-5-7-10-14(2)19-18(22)17-16(23-3)13-21(20-17)15-11-8-6-9-12-15/h6,8-9,11-14H,4-5,7,10H2,1-3H3,(H,19,22). The van der Waals surface area contributed by atoms with Gasteiger partial charge >= 0.3 is 0 Å². The van der Waals surface area contributed by atoms with E-state index in [0.29, 0.717) is 11.4 Å². The summed E-state index contributed by atoms with van der Waals surface area (Å²) in [4.78, 5) is 12.4. The molecule has 2 aromatic rings. The van der Waals surface area contributed by atoms with E-state index in [2.05, 4.69) is 17.3 Å². The van der Waals surface area contributed by atoms with Crippen LogP contribution in [0.5, 0.6) is 5.75 Å². The van der Waals surface area contributed by atoms with E-state index in [1.54, 1.807) is 18.0 Å². The Morgan fingerprint density at radius 3 is 2.70 bits per heavy atom.